The lowest BCUT2D eigenvalue weighted by Gasteiger charge is -2.22. The van der Waals surface area contributed by atoms with Crippen LogP contribution in [0.15, 0.2) is 53.8 Å². The molecular formula is C21H29F2N2O3PS. The van der Waals surface area contributed by atoms with Crippen LogP contribution in [0.5, 0.6) is 0 Å². The van der Waals surface area contributed by atoms with Gasteiger partial charge in [-0.1, -0.05) is 12.6 Å². The molecule has 0 heterocycles. The molecule has 1 aromatic carbocycles. The van der Waals surface area contributed by atoms with Crippen molar-refractivity contribution >= 4 is 25.9 Å². The summed E-state index contributed by atoms with van der Waals surface area (Å²) in [7, 11) is 2.10. The summed E-state index contributed by atoms with van der Waals surface area (Å²) in [5, 5.41) is 11.9. The highest BCUT2D eigenvalue weighted by Crippen LogP contribution is 2.45. The van der Waals surface area contributed by atoms with Crippen LogP contribution in [0.25, 0.3) is 0 Å². The molecule has 0 aromatic heterocycles. The van der Waals surface area contributed by atoms with Gasteiger partial charge in [0, 0.05) is 12.8 Å². The molecule has 2 atom stereocenters. The molecule has 0 amide bonds. The van der Waals surface area contributed by atoms with Crippen LogP contribution in [0.3, 0.4) is 0 Å². The Morgan fingerprint density at radius 3 is 2.63 bits per heavy atom. The predicted molar refractivity (Wildman–Crippen MR) is 121 cm³/mol. The molecule has 2 unspecified atom stereocenters. The molecule has 5 nitrogen and oxygen atoms in total. The van der Waals surface area contributed by atoms with Gasteiger partial charge in [0.15, 0.2) is 0 Å². The van der Waals surface area contributed by atoms with Gasteiger partial charge in [0.1, 0.15) is 34.1 Å². The minimum Gasteiger partial charge on any atom is -0.494 e. The van der Waals surface area contributed by atoms with E-state index in [1.807, 2.05) is 0 Å². The number of methoxy groups -OCH3 is 1. The van der Waals surface area contributed by atoms with Gasteiger partial charge in [-0.2, -0.15) is 0 Å². The van der Waals surface area contributed by atoms with Crippen LogP contribution >= 0.6 is 9.24 Å². The zero-order valence-corrected chi connectivity index (χ0v) is 19.2. The lowest BCUT2D eigenvalue weighted by atomic mass is 10.2. The molecule has 0 saturated heterocycles. The fourth-order valence-corrected chi connectivity index (χ4v) is 4.62. The van der Waals surface area contributed by atoms with E-state index in [9.17, 15) is 13.0 Å². The van der Waals surface area contributed by atoms with E-state index in [0.717, 1.165) is 18.4 Å². The van der Waals surface area contributed by atoms with Gasteiger partial charge in [-0.25, -0.2) is 13.0 Å². The third-order valence-corrected chi connectivity index (χ3v) is 7.07. The fraction of sp³-hybridized carbons (Fsp3) is 0.429. The van der Waals surface area contributed by atoms with Gasteiger partial charge in [-0.15, -0.1) is 9.24 Å². The van der Waals surface area contributed by atoms with Crippen LogP contribution in [-0.2, 0) is 15.7 Å². The second-order valence-electron chi connectivity index (χ2n) is 7.12. The minimum atomic E-state index is -1.57. The van der Waals surface area contributed by atoms with Gasteiger partial charge in [0.2, 0.25) is 0 Å². The van der Waals surface area contributed by atoms with Crippen LogP contribution in [-0.4, -0.2) is 33.9 Å². The van der Waals surface area contributed by atoms with Crippen molar-refractivity contribution in [1.29, 1.82) is 0 Å². The Bertz CT molecular complexity index is 870. The largest absolute Gasteiger partial charge is 0.494 e. The first-order chi connectivity index (χ1) is 14.3. The first kappa shape index (κ1) is 24.5. The molecule has 30 heavy (non-hydrogen) atoms. The number of hydrogen-bond donors (Lipinski definition) is 3. The number of benzene rings is 1. The van der Waals surface area contributed by atoms with Crippen LogP contribution in [0, 0.1) is 12.7 Å². The van der Waals surface area contributed by atoms with E-state index in [4.69, 9.17) is 9.84 Å². The number of aliphatic hydroxyl groups excluding tert-OH is 1. The van der Waals surface area contributed by atoms with E-state index in [-0.39, 0.29) is 35.6 Å². The zero-order chi connectivity index (χ0) is 22.3. The topological polar surface area (TPSA) is 70.6 Å². The third kappa shape index (κ3) is 5.90. The van der Waals surface area contributed by atoms with Crippen molar-refractivity contribution in [2.24, 2.45) is 0 Å². The van der Waals surface area contributed by atoms with E-state index in [2.05, 4.69) is 25.9 Å². The number of allylic oxidation sites excluding steroid dienone is 2. The van der Waals surface area contributed by atoms with Gasteiger partial charge in [-0.05, 0) is 56.4 Å². The summed E-state index contributed by atoms with van der Waals surface area (Å²) < 4.78 is 50.2. The minimum absolute atomic E-state index is 0.0126. The van der Waals surface area contributed by atoms with Crippen molar-refractivity contribution in [3.63, 3.8) is 0 Å². The van der Waals surface area contributed by atoms with E-state index in [1.165, 1.54) is 25.3 Å². The van der Waals surface area contributed by atoms with Gasteiger partial charge < -0.3 is 15.2 Å². The SMILES string of the molecule is C=C/C(OC)=C(NS(=O)C1(CCCO)CC1)\C(Nc1ccc(C)cc1F)=C(\F)CP. The number of nitrogens with one attached hydrogen (secondary N) is 2. The third-order valence-electron chi connectivity index (χ3n) is 4.92. The van der Waals surface area contributed by atoms with Crippen molar-refractivity contribution in [1.82, 2.24) is 4.72 Å². The van der Waals surface area contributed by atoms with Gasteiger partial charge >= 0.3 is 0 Å². The lowest BCUT2D eigenvalue weighted by Crippen LogP contribution is -2.32. The molecule has 1 aliphatic carbocycles. The quantitative estimate of drug-likeness (QED) is 0.249. The highest BCUT2D eigenvalue weighted by molar-refractivity contribution is 7.85. The monoisotopic (exact) mass is 458 g/mol. The first-order valence-corrected chi connectivity index (χ1v) is 11.6. The fourth-order valence-electron chi connectivity index (χ4n) is 3.01. The van der Waals surface area contributed by atoms with Crippen LogP contribution in [0.4, 0.5) is 14.5 Å². The van der Waals surface area contributed by atoms with Gasteiger partial charge in [-0.3, -0.25) is 4.72 Å². The van der Waals surface area contributed by atoms with E-state index in [0.29, 0.717) is 12.8 Å². The molecule has 1 fully saturated rings. The Morgan fingerprint density at radius 1 is 1.43 bits per heavy atom. The second-order valence-corrected chi connectivity index (χ2v) is 9.14. The normalized spacial score (nSPS) is 17.4. The molecule has 1 saturated carbocycles. The summed E-state index contributed by atoms with van der Waals surface area (Å²) in [5.74, 6) is -0.954. The predicted octanol–water partition coefficient (Wildman–Crippen LogP) is 4.20. The molecule has 1 aromatic rings. The number of aliphatic hydroxyl groups is 1. The molecule has 166 valence electrons. The zero-order valence-electron chi connectivity index (χ0n) is 17.3. The summed E-state index contributed by atoms with van der Waals surface area (Å²) in [4.78, 5) is 0. The number of rotatable bonds is 12. The Balaban J connectivity index is 2.45. The number of hydrogen-bond acceptors (Lipinski definition) is 4. The summed E-state index contributed by atoms with van der Waals surface area (Å²) in [6, 6.07) is 4.56. The summed E-state index contributed by atoms with van der Waals surface area (Å²) in [6.45, 7) is 5.45. The molecule has 9 heteroatoms. The second kappa shape index (κ2) is 11.0. The highest BCUT2D eigenvalue weighted by atomic mass is 32.2. The Labute approximate surface area is 181 Å². The van der Waals surface area contributed by atoms with Crippen LogP contribution in [0.2, 0.25) is 0 Å². The summed E-state index contributed by atoms with van der Waals surface area (Å²) in [6.07, 6.45) is 3.91. The Kier molecular flexibility index (Phi) is 9.01. The van der Waals surface area contributed by atoms with E-state index in [1.54, 1.807) is 13.0 Å². The lowest BCUT2D eigenvalue weighted by molar-refractivity contribution is 0.282. The molecule has 0 bridgehead atoms. The molecule has 1 aliphatic rings. The van der Waals surface area contributed by atoms with Crippen molar-refractivity contribution in [2.45, 2.75) is 37.4 Å². The molecular weight excluding hydrogens is 429 g/mol. The molecule has 0 radical (unpaired) electrons. The van der Waals surface area contributed by atoms with Gasteiger partial charge in [0.05, 0.1) is 23.2 Å². The molecule has 3 N–H and O–H groups in total. The Morgan fingerprint density at radius 2 is 2.13 bits per heavy atom. The van der Waals surface area contributed by atoms with Crippen molar-refractivity contribution < 1.29 is 22.8 Å². The van der Waals surface area contributed by atoms with E-state index >= 15 is 0 Å². The number of aryl methyl sites for hydroxylation is 1. The van der Waals surface area contributed by atoms with Crippen molar-refractivity contribution in [3.05, 3.63) is 65.2 Å². The summed E-state index contributed by atoms with van der Waals surface area (Å²) in [5.41, 5.74) is 0.834. The maximum absolute atomic E-state index is 14.9. The van der Waals surface area contributed by atoms with Crippen LogP contribution < -0.4 is 10.0 Å². The van der Waals surface area contributed by atoms with E-state index < -0.39 is 27.4 Å². The maximum Gasteiger partial charge on any atom is 0.146 e. The molecule has 0 aliphatic heterocycles. The van der Waals surface area contributed by atoms with Crippen LogP contribution in [0.1, 0.15) is 31.2 Å². The number of ether oxygens (including phenoxy) is 1. The average molecular weight is 459 g/mol. The average Bonchev–Trinajstić information content (AvgIpc) is 3.52. The van der Waals surface area contributed by atoms with Crippen molar-refractivity contribution in [2.75, 3.05) is 25.2 Å². The molecule has 2 rings (SSSR count). The Hall–Kier alpha value is -1.76. The number of halogens is 2. The smallest absolute Gasteiger partial charge is 0.146 e. The standard InChI is InChI=1S/C21H29F2N2O3PS/c1-4-18(28-3)20(25-30(27)21(9-10-21)8-5-11-26)19(16(23)13-29)24-17-7-6-14(2)12-15(17)22/h4,6-7,12,24-26H,1,5,8-11,13,29H2,2-3H3/b19-16-,20-18-. The summed E-state index contributed by atoms with van der Waals surface area (Å²) >= 11 is 0. The van der Waals surface area contributed by atoms with Gasteiger partial charge in [0.25, 0.3) is 0 Å². The van der Waals surface area contributed by atoms with Crippen molar-refractivity contribution in [3.8, 4) is 0 Å². The number of anilines is 1. The first-order valence-electron chi connectivity index (χ1n) is 9.64. The maximum atomic E-state index is 14.9. The molecule has 0 spiro atoms. The highest BCUT2D eigenvalue weighted by Gasteiger charge is 2.48.